The minimum atomic E-state index is 0.191. The minimum absolute atomic E-state index is 0.191. The second-order valence-electron chi connectivity index (χ2n) is 7.06. The van der Waals surface area contributed by atoms with Crippen LogP contribution in [0.15, 0.2) is 30.3 Å². The van der Waals surface area contributed by atoms with Crippen molar-refractivity contribution >= 4 is 0 Å². The molecule has 0 spiro atoms. The average Bonchev–Trinajstić information content (AvgIpc) is 2.49. The lowest BCUT2D eigenvalue weighted by Crippen LogP contribution is -2.49. The van der Waals surface area contributed by atoms with Crippen LogP contribution in [0.3, 0.4) is 0 Å². The third-order valence-corrected chi connectivity index (χ3v) is 5.48. The highest BCUT2D eigenvalue weighted by atomic mass is 14.9. The van der Waals surface area contributed by atoms with Crippen molar-refractivity contribution in [3.63, 3.8) is 0 Å². The molecule has 0 saturated heterocycles. The highest BCUT2D eigenvalue weighted by Gasteiger charge is 2.37. The van der Waals surface area contributed by atoms with Crippen LogP contribution in [0.5, 0.6) is 0 Å². The van der Waals surface area contributed by atoms with Crippen LogP contribution in [0.4, 0.5) is 0 Å². The first-order chi connectivity index (χ1) is 9.59. The summed E-state index contributed by atoms with van der Waals surface area (Å²) >= 11 is 0. The van der Waals surface area contributed by atoms with E-state index in [2.05, 4.69) is 63.5 Å². The molecule has 3 atom stereocenters. The minimum Gasteiger partial charge on any atom is -0.316 e. The summed E-state index contributed by atoms with van der Waals surface area (Å²) in [6.45, 7) is 7.15. The van der Waals surface area contributed by atoms with Gasteiger partial charge in [0.1, 0.15) is 0 Å². The predicted molar refractivity (Wildman–Crippen MR) is 88.1 cm³/mol. The van der Waals surface area contributed by atoms with Gasteiger partial charge in [-0.3, -0.25) is 0 Å². The molecule has 0 radical (unpaired) electrons. The van der Waals surface area contributed by atoms with Gasteiger partial charge in [0.15, 0.2) is 0 Å². The lowest BCUT2D eigenvalue weighted by Gasteiger charge is -2.43. The number of likely N-dealkylation sites (N-methyl/N-ethyl adjacent to an activating group) is 1. The standard InChI is InChI=1S/C19H31N/c1-5-15-10-9-11-16(14-15)18(20-4)19(2,3)17-12-7-6-8-13-17/h6-8,12-13,15-16,18,20H,5,9-11,14H2,1-4H3. The van der Waals surface area contributed by atoms with Crippen molar-refractivity contribution < 1.29 is 0 Å². The van der Waals surface area contributed by atoms with Crippen molar-refractivity contribution in [1.29, 1.82) is 0 Å². The molecule has 0 aromatic heterocycles. The van der Waals surface area contributed by atoms with Crippen molar-refractivity contribution in [2.24, 2.45) is 11.8 Å². The van der Waals surface area contributed by atoms with E-state index in [1.807, 2.05) is 0 Å². The fourth-order valence-corrected chi connectivity index (χ4v) is 4.24. The van der Waals surface area contributed by atoms with Crippen LogP contribution in [-0.4, -0.2) is 13.1 Å². The van der Waals surface area contributed by atoms with E-state index in [4.69, 9.17) is 0 Å². The molecule has 1 N–H and O–H groups in total. The van der Waals surface area contributed by atoms with Gasteiger partial charge in [-0.15, -0.1) is 0 Å². The highest BCUT2D eigenvalue weighted by molar-refractivity contribution is 5.26. The van der Waals surface area contributed by atoms with Gasteiger partial charge in [0, 0.05) is 11.5 Å². The van der Waals surface area contributed by atoms with Gasteiger partial charge in [0.25, 0.3) is 0 Å². The molecule has 0 amide bonds. The number of rotatable bonds is 5. The van der Waals surface area contributed by atoms with Crippen LogP contribution in [0, 0.1) is 11.8 Å². The van der Waals surface area contributed by atoms with Gasteiger partial charge in [0.05, 0.1) is 0 Å². The van der Waals surface area contributed by atoms with Gasteiger partial charge >= 0.3 is 0 Å². The molecule has 1 nitrogen and oxygen atoms in total. The monoisotopic (exact) mass is 273 g/mol. The number of hydrogen-bond donors (Lipinski definition) is 1. The molecule has 0 aliphatic heterocycles. The molecule has 0 heterocycles. The van der Waals surface area contributed by atoms with E-state index in [0.717, 1.165) is 11.8 Å². The van der Waals surface area contributed by atoms with E-state index >= 15 is 0 Å². The van der Waals surface area contributed by atoms with Gasteiger partial charge in [-0.25, -0.2) is 0 Å². The largest absolute Gasteiger partial charge is 0.316 e. The van der Waals surface area contributed by atoms with Crippen LogP contribution < -0.4 is 5.32 Å². The van der Waals surface area contributed by atoms with Gasteiger partial charge in [-0.05, 0) is 37.3 Å². The summed E-state index contributed by atoms with van der Waals surface area (Å²) in [5.74, 6) is 1.75. The van der Waals surface area contributed by atoms with E-state index in [1.165, 1.54) is 37.7 Å². The average molecular weight is 273 g/mol. The summed E-state index contributed by atoms with van der Waals surface area (Å²) in [5.41, 5.74) is 1.65. The molecule has 3 unspecified atom stereocenters. The third kappa shape index (κ3) is 3.25. The zero-order valence-electron chi connectivity index (χ0n) is 13.7. The van der Waals surface area contributed by atoms with Gasteiger partial charge in [0.2, 0.25) is 0 Å². The van der Waals surface area contributed by atoms with Crippen molar-refractivity contribution in [2.45, 2.75) is 64.3 Å². The summed E-state index contributed by atoms with van der Waals surface area (Å²) in [7, 11) is 2.14. The number of nitrogens with one attached hydrogen (secondary N) is 1. The van der Waals surface area contributed by atoms with Crippen molar-refractivity contribution in [1.82, 2.24) is 5.32 Å². The van der Waals surface area contributed by atoms with Crippen LogP contribution in [-0.2, 0) is 5.41 Å². The van der Waals surface area contributed by atoms with Gasteiger partial charge in [-0.1, -0.05) is 70.4 Å². The Balaban J connectivity index is 2.18. The molecule has 1 aliphatic rings. The van der Waals surface area contributed by atoms with Crippen LogP contribution in [0.2, 0.25) is 0 Å². The van der Waals surface area contributed by atoms with E-state index in [-0.39, 0.29) is 5.41 Å². The maximum Gasteiger partial charge on any atom is 0.0184 e. The molecule has 1 heteroatoms. The first kappa shape index (κ1) is 15.6. The molecule has 1 aromatic rings. The smallest absolute Gasteiger partial charge is 0.0184 e. The topological polar surface area (TPSA) is 12.0 Å². The number of benzene rings is 1. The molecule has 112 valence electrons. The summed E-state index contributed by atoms with van der Waals surface area (Å²) in [6.07, 6.45) is 6.98. The molecule has 1 aromatic carbocycles. The maximum atomic E-state index is 3.66. The highest BCUT2D eigenvalue weighted by Crippen LogP contribution is 2.39. The summed E-state index contributed by atoms with van der Waals surface area (Å²) < 4.78 is 0. The van der Waals surface area contributed by atoms with E-state index in [9.17, 15) is 0 Å². The zero-order chi connectivity index (χ0) is 14.6. The Hall–Kier alpha value is -0.820. The first-order valence-corrected chi connectivity index (χ1v) is 8.32. The second kappa shape index (κ2) is 6.76. The molecule has 1 fully saturated rings. The molecule has 1 aliphatic carbocycles. The van der Waals surface area contributed by atoms with Crippen molar-refractivity contribution in [3.05, 3.63) is 35.9 Å². The summed E-state index contributed by atoms with van der Waals surface area (Å²) in [4.78, 5) is 0. The zero-order valence-corrected chi connectivity index (χ0v) is 13.7. The van der Waals surface area contributed by atoms with E-state index in [0.29, 0.717) is 6.04 Å². The molecule has 1 saturated carbocycles. The Morgan fingerprint density at radius 2 is 1.90 bits per heavy atom. The summed E-state index contributed by atoms with van der Waals surface area (Å²) in [5, 5.41) is 3.66. The maximum absolute atomic E-state index is 3.66. The first-order valence-electron chi connectivity index (χ1n) is 8.32. The van der Waals surface area contributed by atoms with Gasteiger partial charge < -0.3 is 5.32 Å². The fraction of sp³-hybridized carbons (Fsp3) is 0.684. The Morgan fingerprint density at radius 3 is 2.50 bits per heavy atom. The van der Waals surface area contributed by atoms with Crippen molar-refractivity contribution in [2.75, 3.05) is 7.05 Å². The predicted octanol–water partition coefficient (Wildman–Crippen LogP) is 4.77. The number of hydrogen-bond acceptors (Lipinski definition) is 1. The van der Waals surface area contributed by atoms with Crippen LogP contribution >= 0.6 is 0 Å². The van der Waals surface area contributed by atoms with E-state index in [1.54, 1.807) is 0 Å². The second-order valence-corrected chi connectivity index (χ2v) is 7.06. The lowest BCUT2D eigenvalue weighted by molar-refractivity contribution is 0.167. The molecule has 0 bridgehead atoms. The quantitative estimate of drug-likeness (QED) is 0.815. The normalized spacial score (nSPS) is 25.4. The SMILES string of the molecule is CCC1CCCC(C(NC)C(C)(C)c2ccccc2)C1. The molecule has 2 rings (SSSR count). The molecule has 20 heavy (non-hydrogen) atoms. The Bertz CT molecular complexity index is 395. The summed E-state index contributed by atoms with van der Waals surface area (Å²) in [6, 6.07) is 11.6. The van der Waals surface area contributed by atoms with Crippen LogP contribution in [0.25, 0.3) is 0 Å². The van der Waals surface area contributed by atoms with Crippen molar-refractivity contribution in [3.8, 4) is 0 Å². The fourth-order valence-electron chi connectivity index (χ4n) is 4.24. The van der Waals surface area contributed by atoms with E-state index < -0.39 is 0 Å². The lowest BCUT2D eigenvalue weighted by atomic mass is 9.67. The Labute approximate surface area is 125 Å². The molecular formula is C19H31N. The Kier molecular flexibility index (Phi) is 5.26. The van der Waals surface area contributed by atoms with Crippen LogP contribution in [0.1, 0.15) is 58.4 Å². The molecular weight excluding hydrogens is 242 g/mol. The third-order valence-electron chi connectivity index (χ3n) is 5.48. The van der Waals surface area contributed by atoms with Gasteiger partial charge in [-0.2, -0.15) is 0 Å². The Morgan fingerprint density at radius 1 is 1.20 bits per heavy atom.